The Balaban J connectivity index is 0.000000178. The molecule has 0 N–H and O–H groups in total. The molecule has 0 amide bonds. The van der Waals surface area contributed by atoms with Crippen LogP contribution >= 0.6 is 15.8 Å². The molecule has 0 saturated heterocycles. The number of hydrogen-bond donors (Lipinski definition) is 0. The monoisotopic (exact) mass is 934 g/mol. The van der Waals surface area contributed by atoms with E-state index in [0.717, 1.165) is 36.4 Å². The summed E-state index contributed by atoms with van der Waals surface area (Å²) in [5.74, 6) is -6.52. The number of halogens is 4. The summed E-state index contributed by atoms with van der Waals surface area (Å²) in [5.41, 5.74) is 7.36. The molecule has 8 rings (SSSR count). The Morgan fingerprint density at radius 2 is 0.474 bits per heavy atom. The van der Waals surface area contributed by atoms with Gasteiger partial charge in [-0.3, -0.25) is 0 Å². The first kappa shape index (κ1) is 49.2. The zero-order valence-corrected chi connectivity index (χ0v) is 41.2. The third-order valence-corrected chi connectivity index (χ3v) is 23.4. The fourth-order valence-electron chi connectivity index (χ4n) is 11.6. The zero-order chi connectivity index (χ0) is 39.5. The van der Waals surface area contributed by atoms with E-state index in [2.05, 4.69) is 0 Å². The second kappa shape index (κ2) is 27.5. The number of rotatable bonds is 6. The van der Waals surface area contributed by atoms with Crippen LogP contribution in [-0.4, -0.2) is 34.0 Å². The molecule has 6 saturated carbocycles. The van der Waals surface area contributed by atoms with Gasteiger partial charge in [0.1, 0.15) is 23.3 Å². The van der Waals surface area contributed by atoms with Gasteiger partial charge >= 0.3 is 27.3 Å². The van der Waals surface area contributed by atoms with Crippen LogP contribution in [0, 0.1) is 23.3 Å². The minimum Gasteiger partial charge on any atom is -0.869 e. The van der Waals surface area contributed by atoms with Gasteiger partial charge < -0.3 is 10.2 Å². The van der Waals surface area contributed by atoms with Gasteiger partial charge in [-0.15, -0.1) is 0 Å². The van der Waals surface area contributed by atoms with Gasteiger partial charge in [0, 0.05) is 15.8 Å². The van der Waals surface area contributed by atoms with Crippen molar-refractivity contribution >= 4 is 15.8 Å². The van der Waals surface area contributed by atoms with Crippen LogP contribution in [0.3, 0.4) is 0 Å². The van der Waals surface area contributed by atoms with Crippen molar-refractivity contribution in [2.75, 3.05) is 0 Å². The van der Waals surface area contributed by atoms with E-state index in [1.165, 1.54) is 34.0 Å². The molecule has 0 aromatic heterocycles. The van der Waals surface area contributed by atoms with Crippen LogP contribution in [0.15, 0.2) is 36.4 Å². The van der Waals surface area contributed by atoms with Crippen LogP contribution in [0.5, 0.6) is 11.5 Å². The summed E-state index contributed by atoms with van der Waals surface area (Å²) in [6.45, 7) is 0. The predicted molar refractivity (Wildman–Crippen MR) is 229 cm³/mol. The molecule has 9 heteroatoms. The van der Waals surface area contributed by atoms with Crippen LogP contribution in [0.4, 0.5) is 17.6 Å². The Bertz CT molecular complexity index is 1140. The van der Waals surface area contributed by atoms with Gasteiger partial charge in [-0.2, -0.15) is 0 Å². The molecule has 6 fully saturated rings. The number of hydrogen-bond acceptors (Lipinski definition) is 2. The molecular weight excluding hydrogens is 859 g/mol. The van der Waals surface area contributed by atoms with Gasteiger partial charge in [0.2, 0.25) is 0 Å². The smallest absolute Gasteiger partial charge is 0.869 e. The fourth-order valence-corrected chi connectivity index (χ4v) is 22.0. The summed E-state index contributed by atoms with van der Waals surface area (Å²) in [4.78, 5) is 0. The zero-order valence-electron chi connectivity index (χ0n) is 35.2. The molecule has 0 aliphatic heterocycles. The van der Waals surface area contributed by atoms with Crippen molar-refractivity contribution < 1.29 is 55.1 Å². The van der Waals surface area contributed by atoms with Crippen LogP contribution in [0.25, 0.3) is 0 Å². The Morgan fingerprint density at radius 1 is 0.316 bits per heavy atom. The van der Waals surface area contributed by atoms with E-state index < -0.39 is 34.8 Å². The largest absolute Gasteiger partial charge is 2.00 e. The van der Waals surface area contributed by atoms with Crippen molar-refractivity contribution in [2.45, 2.75) is 227 Å². The minimum absolute atomic E-state index is 0. The van der Waals surface area contributed by atoms with Crippen LogP contribution < -0.4 is 10.2 Å². The van der Waals surface area contributed by atoms with E-state index in [9.17, 15) is 27.8 Å². The molecule has 2 aromatic rings. The van der Waals surface area contributed by atoms with Crippen LogP contribution in [-0.2, 0) is 27.3 Å². The molecule has 316 valence electrons. The van der Waals surface area contributed by atoms with Gasteiger partial charge in [0.05, 0.1) is 34.0 Å². The molecule has 0 unspecified atom stereocenters. The van der Waals surface area contributed by atoms with Gasteiger partial charge in [-0.25, -0.2) is 17.6 Å². The van der Waals surface area contributed by atoms with Crippen molar-refractivity contribution in [2.24, 2.45) is 0 Å². The maximum atomic E-state index is 12.0. The van der Waals surface area contributed by atoms with Crippen molar-refractivity contribution in [3.8, 4) is 11.5 Å². The fraction of sp³-hybridized carbons (Fsp3) is 0.750. The second-order valence-electron chi connectivity index (χ2n) is 18.1. The summed E-state index contributed by atoms with van der Waals surface area (Å²) >= 11 is 0. The van der Waals surface area contributed by atoms with Gasteiger partial charge in [0.15, 0.2) is 0 Å². The first-order chi connectivity index (χ1) is 27.3. The quantitative estimate of drug-likeness (QED) is 0.165. The molecule has 6 aliphatic carbocycles. The number of para-hydroxylation sites is 2. The molecule has 0 bridgehead atoms. The molecule has 2 aromatic carbocycles. The van der Waals surface area contributed by atoms with Gasteiger partial charge in [-0.1, -0.05) is 50.7 Å². The molecule has 0 spiro atoms. The summed E-state index contributed by atoms with van der Waals surface area (Å²) in [7, 11) is -0.0930. The van der Waals surface area contributed by atoms with E-state index in [0.29, 0.717) is 0 Å². The maximum absolute atomic E-state index is 12.0. The van der Waals surface area contributed by atoms with Crippen molar-refractivity contribution in [1.82, 2.24) is 0 Å². The topological polar surface area (TPSA) is 46.1 Å². The first-order valence-corrected chi connectivity index (χ1v) is 26.7. The van der Waals surface area contributed by atoms with Crippen LogP contribution in [0.2, 0.25) is 0 Å². The van der Waals surface area contributed by atoms with Crippen molar-refractivity contribution in [1.29, 1.82) is 0 Å². The average molecular weight is 933 g/mol. The predicted octanol–water partition coefficient (Wildman–Crippen LogP) is 14.5. The molecule has 57 heavy (non-hydrogen) atoms. The third-order valence-electron chi connectivity index (χ3n) is 14.3. The summed E-state index contributed by atoms with van der Waals surface area (Å²) in [6, 6.07) is 5.98. The Hall–Kier alpha value is -0.458. The molecule has 0 radical (unpaired) electrons. The Kier molecular flexibility index (Phi) is 23.7. The molecule has 2 nitrogen and oxygen atoms in total. The van der Waals surface area contributed by atoms with Gasteiger partial charge in [0.25, 0.3) is 0 Å². The standard InChI is InChI=1S/2C18H33P.2C6H4F2O.Cd/c2*1-4-10-16(11-5-1)19(17-12-6-2-7-13-17)18-14-8-3-9-15-18;2*7-4-2-1-3-5(8)6(4)9;/h2*16-18H,1-15H2;2*1-3,9H;/q;;;;+2. The molecule has 0 atom stereocenters. The minimum atomic E-state index is -1.17. The average Bonchev–Trinajstić information content (AvgIpc) is 3.25. The summed E-state index contributed by atoms with van der Waals surface area (Å²) < 4.78 is 48.1. The summed E-state index contributed by atoms with van der Waals surface area (Å²) in [6.07, 6.45) is 47.6. The second-order valence-corrected chi connectivity index (χ2v) is 25.0. The molecule has 6 aliphatic rings. The third kappa shape index (κ3) is 16.1. The van der Waals surface area contributed by atoms with E-state index in [4.69, 9.17) is 0 Å². The van der Waals surface area contributed by atoms with E-state index >= 15 is 0 Å². The normalized spacial score (nSPS) is 22.3. The van der Waals surface area contributed by atoms with E-state index in [-0.39, 0.29) is 43.1 Å². The molecule has 0 heterocycles. The van der Waals surface area contributed by atoms with Gasteiger partial charge in [-0.05, 0) is 190 Å². The summed E-state index contributed by atoms with van der Waals surface area (Å²) in [5, 5.41) is 20.4. The maximum Gasteiger partial charge on any atom is 2.00 e. The van der Waals surface area contributed by atoms with E-state index in [1.807, 2.05) is 0 Å². The Labute approximate surface area is 366 Å². The number of benzene rings is 2. The van der Waals surface area contributed by atoms with Crippen molar-refractivity contribution in [3.05, 3.63) is 59.7 Å². The first-order valence-electron chi connectivity index (χ1n) is 23.3. The van der Waals surface area contributed by atoms with Crippen LogP contribution in [0.1, 0.15) is 193 Å². The molecular formula is C48H74CdF4O2P2+2. The van der Waals surface area contributed by atoms with E-state index in [1.54, 1.807) is 193 Å². The SMILES string of the molecule is C1CCC([PH+](C2CCCCC2)C2CCCCC2)CC1.C1CCC([PH+](C2CCCCC2)C2CCCCC2)CC1.[Cd+2].[O-]c1c(F)cccc1F.[O-]c1c(F)cccc1F. The van der Waals surface area contributed by atoms with Crippen molar-refractivity contribution in [3.63, 3.8) is 0 Å². The Morgan fingerprint density at radius 3 is 0.614 bits per heavy atom.